The van der Waals surface area contributed by atoms with E-state index < -0.39 is 0 Å². The number of fused-ring (bicyclic) bond motifs is 1. The second kappa shape index (κ2) is 4.72. The van der Waals surface area contributed by atoms with Gasteiger partial charge >= 0.3 is 0 Å². The highest BCUT2D eigenvalue weighted by Crippen LogP contribution is 2.12. The highest BCUT2D eigenvalue weighted by atomic mass is 79.9. The Morgan fingerprint density at radius 3 is 2.88 bits per heavy atom. The Labute approximate surface area is 108 Å². The molecule has 2 aromatic heterocycles. The fraction of sp³-hybridized carbons (Fsp3) is 0.455. The maximum absolute atomic E-state index is 4.53. The summed E-state index contributed by atoms with van der Waals surface area (Å²) < 4.78 is 2.77. The summed E-state index contributed by atoms with van der Waals surface area (Å²) in [5.74, 6) is 0.888. The van der Waals surface area contributed by atoms with Gasteiger partial charge in [-0.2, -0.15) is 0 Å². The van der Waals surface area contributed by atoms with Crippen LogP contribution in [-0.4, -0.2) is 45.7 Å². The van der Waals surface area contributed by atoms with E-state index in [4.69, 9.17) is 0 Å². The van der Waals surface area contributed by atoms with Crippen LogP contribution < -0.4 is 5.32 Å². The lowest BCUT2D eigenvalue weighted by Gasteiger charge is -2.25. The summed E-state index contributed by atoms with van der Waals surface area (Å²) in [6.07, 6.45) is 0. The first-order chi connectivity index (χ1) is 8.33. The van der Waals surface area contributed by atoms with Crippen molar-refractivity contribution < 1.29 is 0 Å². The zero-order valence-electron chi connectivity index (χ0n) is 9.43. The number of piperazine rings is 1. The number of nitrogens with zero attached hydrogens (tertiary/aromatic N) is 4. The quantitative estimate of drug-likeness (QED) is 0.836. The number of halogens is 1. The van der Waals surface area contributed by atoms with Gasteiger partial charge in [-0.05, 0) is 28.1 Å². The van der Waals surface area contributed by atoms with Gasteiger partial charge in [0, 0.05) is 26.2 Å². The molecule has 1 N–H and O–H groups in total. The summed E-state index contributed by atoms with van der Waals surface area (Å²) in [5.41, 5.74) is 0.893. The van der Waals surface area contributed by atoms with Gasteiger partial charge in [0.2, 0.25) is 0 Å². The van der Waals surface area contributed by atoms with Crippen LogP contribution in [0.15, 0.2) is 22.8 Å². The van der Waals surface area contributed by atoms with Crippen molar-refractivity contribution in [3.8, 4) is 0 Å². The molecule has 0 atom stereocenters. The molecular formula is C11H14BrN5. The van der Waals surface area contributed by atoms with E-state index in [2.05, 4.69) is 36.2 Å². The molecule has 1 saturated heterocycles. The molecule has 0 radical (unpaired) electrons. The molecule has 0 saturated carbocycles. The Morgan fingerprint density at radius 1 is 1.29 bits per heavy atom. The van der Waals surface area contributed by atoms with Gasteiger partial charge in [0.05, 0.1) is 6.54 Å². The van der Waals surface area contributed by atoms with Gasteiger partial charge in [0.15, 0.2) is 11.5 Å². The smallest absolute Gasteiger partial charge is 0.165 e. The average Bonchev–Trinajstić information content (AvgIpc) is 2.74. The largest absolute Gasteiger partial charge is 0.314 e. The van der Waals surface area contributed by atoms with Crippen LogP contribution in [0, 0.1) is 0 Å². The first kappa shape index (κ1) is 11.1. The zero-order valence-corrected chi connectivity index (χ0v) is 11.0. The van der Waals surface area contributed by atoms with E-state index in [1.165, 1.54) is 0 Å². The van der Waals surface area contributed by atoms with E-state index in [0.29, 0.717) is 0 Å². The van der Waals surface area contributed by atoms with Crippen molar-refractivity contribution in [2.24, 2.45) is 0 Å². The van der Waals surface area contributed by atoms with Gasteiger partial charge < -0.3 is 5.32 Å². The van der Waals surface area contributed by atoms with Crippen molar-refractivity contribution in [1.82, 2.24) is 24.8 Å². The van der Waals surface area contributed by atoms with Crippen LogP contribution >= 0.6 is 15.9 Å². The summed E-state index contributed by atoms with van der Waals surface area (Å²) >= 11 is 3.47. The second-order valence-corrected chi connectivity index (χ2v) is 4.99. The van der Waals surface area contributed by atoms with E-state index >= 15 is 0 Å². The molecule has 0 bridgehead atoms. The number of hydrogen-bond acceptors (Lipinski definition) is 4. The first-order valence-corrected chi connectivity index (χ1v) is 6.55. The zero-order chi connectivity index (χ0) is 11.7. The molecule has 0 unspecified atom stereocenters. The van der Waals surface area contributed by atoms with Crippen LogP contribution in [0.2, 0.25) is 0 Å². The minimum atomic E-state index is 0.829. The first-order valence-electron chi connectivity index (χ1n) is 5.76. The number of rotatable bonds is 2. The number of pyridine rings is 1. The molecule has 17 heavy (non-hydrogen) atoms. The fourth-order valence-electron chi connectivity index (χ4n) is 2.05. The van der Waals surface area contributed by atoms with Crippen molar-refractivity contribution >= 4 is 21.6 Å². The Morgan fingerprint density at radius 2 is 2.12 bits per heavy atom. The molecule has 0 aliphatic carbocycles. The molecule has 2 aromatic rings. The van der Waals surface area contributed by atoms with E-state index in [-0.39, 0.29) is 0 Å². The van der Waals surface area contributed by atoms with E-state index in [9.17, 15) is 0 Å². The van der Waals surface area contributed by atoms with E-state index in [0.717, 1.165) is 48.8 Å². The van der Waals surface area contributed by atoms with Gasteiger partial charge in [0.1, 0.15) is 4.60 Å². The molecule has 0 amide bonds. The summed E-state index contributed by atoms with van der Waals surface area (Å²) in [4.78, 5) is 6.90. The molecule has 90 valence electrons. The van der Waals surface area contributed by atoms with Crippen molar-refractivity contribution in [3.63, 3.8) is 0 Å². The average molecular weight is 296 g/mol. The van der Waals surface area contributed by atoms with Crippen LogP contribution in [-0.2, 0) is 6.54 Å². The minimum absolute atomic E-state index is 0.829. The van der Waals surface area contributed by atoms with Crippen LogP contribution in [0.3, 0.4) is 0 Å². The SMILES string of the molecule is Brc1cccc2nc(CN3CCNCC3)nn12. The monoisotopic (exact) mass is 295 g/mol. The predicted octanol–water partition coefficient (Wildman–Crippen LogP) is 0.897. The number of aromatic nitrogens is 3. The molecular weight excluding hydrogens is 282 g/mol. The highest BCUT2D eigenvalue weighted by molar-refractivity contribution is 9.10. The summed E-state index contributed by atoms with van der Waals surface area (Å²) in [7, 11) is 0. The number of hydrogen-bond donors (Lipinski definition) is 1. The highest BCUT2D eigenvalue weighted by Gasteiger charge is 2.13. The maximum Gasteiger partial charge on any atom is 0.165 e. The molecule has 1 aliphatic heterocycles. The molecule has 3 heterocycles. The summed E-state index contributed by atoms with van der Waals surface area (Å²) in [6, 6.07) is 5.91. The molecule has 0 spiro atoms. The van der Waals surface area contributed by atoms with Gasteiger partial charge in [-0.15, -0.1) is 5.10 Å². The molecule has 6 heteroatoms. The maximum atomic E-state index is 4.53. The van der Waals surface area contributed by atoms with Crippen molar-refractivity contribution in [1.29, 1.82) is 0 Å². The van der Waals surface area contributed by atoms with Crippen LogP contribution in [0.1, 0.15) is 5.82 Å². The Kier molecular flexibility index (Phi) is 3.09. The van der Waals surface area contributed by atoms with Gasteiger partial charge in [-0.25, -0.2) is 9.50 Å². The van der Waals surface area contributed by atoms with E-state index in [1.807, 2.05) is 22.7 Å². The third-order valence-electron chi connectivity index (χ3n) is 2.93. The molecule has 0 aromatic carbocycles. The lowest BCUT2D eigenvalue weighted by molar-refractivity contribution is 0.228. The van der Waals surface area contributed by atoms with Crippen LogP contribution in [0.25, 0.3) is 5.65 Å². The van der Waals surface area contributed by atoms with Crippen LogP contribution in [0.4, 0.5) is 0 Å². The third-order valence-corrected chi connectivity index (χ3v) is 3.53. The normalized spacial score (nSPS) is 17.7. The van der Waals surface area contributed by atoms with Gasteiger partial charge in [-0.3, -0.25) is 4.90 Å². The van der Waals surface area contributed by atoms with Crippen molar-refractivity contribution in [2.45, 2.75) is 6.54 Å². The second-order valence-electron chi connectivity index (χ2n) is 4.17. The van der Waals surface area contributed by atoms with Gasteiger partial charge in [0.25, 0.3) is 0 Å². The molecule has 5 nitrogen and oxygen atoms in total. The van der Waals surface area contributed by atoms with Crippen molar-refractivity contribution in [3.05, 3.63) is 28.6 Å². The Bertz CT molecular complexity index is 518. The topological polar surface area (TPSA) is 45.5 Å². The minimum Gasteiger partial charge on any atom is -0.314 e. The lowest BCUT2D eigenvalue weighted by atomic mass is 10.3. The molecule has 1 aliphatic rings. The van der Waals surface area contributed by atoms with Crippen molar-refractivity contribution in [2.75, 3.05) is 26.2 Å². The Hall–Kier alpha value is -0.980. The Balaban J connectivity index is 1.83. The number of nitrogens with one attached hydrogen (secondary N) is 1. The molecule has 3 rings (SSSR count). The predicted molar refractivity (Wildman–Crippen MR) is 68.8 cm³/mol. The summed E-state index contributed by atoms with van der Waals surface area (Å²) in [5, 5.41) is 7.84. The fourth-order valence-corrected chi connectivity index (χ4v) is 2.47. The lowest BCUT2D eigenvalue weighted by Crippen LogP contribution is -2.43. The van der Waals surface area contributed by atoms with E-state index in [1.54, 1.807) is 0 Å². The molecule has 1 fully saturated rings. The van der Waals surface area contributed by atoms with Crippen LogP contribution in [0.5, 0.6) is 0 Å². The standard InChI is InChI=1S/C11H14BrN5/c12-9-2-1-3-11-14-10(15-17(9)11)8-16-6-4-13-5-7-16/h1-3,13H,4-8H2. The summed E-state index contributed by atoms with van der Waals surface area (Å²) in [6.45, 7) is 5.07. The van der Waals surface area contributed by atoms with Gasteiger partial charge in [-0.1, -0.05) is 6.07 Å². The third kappa shape index (κ3) is 2.34.